The number of aromatic hydroxyl groups is 1. The van der Waals surface area contributed by atoms with E-state index in [4.69, 9.17) is 5.73 Å². The Morgan fingerprint density at radius 1 is 1.21 bits per heavy atom. The number of rotatable bonds is 5. The minimum Gasteiger partial charge on any atom is -0.506 e. The molecule has 4 nitrogen and oxygen atoms in total. The fourth-order valence-corrected chi connectivity index (χ4v) is 1.96. The normalized spacial score (nSPS) is 10.8. The molecule has 0 bridgehead atoms. The third-order valence-corrected chi connectivity index (χ3v) is 3.06. The molecule has 0 aliphatic heterocycles. The van der Waals surface area contributed by atoms with Gasteiger partial charge >= 0.3 is 0 Å². The van der Waals surface area contributed by atoms with Crippen LogP contribution in [0.1, 0.15) is 18.2 Å². The molecule has 0 atom stereocenters. The van der Waals surface area contributed by atoms with Crippen LogP contribution in [0.4, 0.5) is 5.69 Å². The average molecular weight is 257 g/mol. The van der Waals surface area contributed by atoms with E-state index in [1.807, 2.05) is 36.5 Å². The van der Waals surface area contributed by atoms with Gasteiger partial charge in [-0.2, -0.15) is 0 Å². The number of hydrogen-bond acceptors (Lipinski definition) is 4. The predicted molar refractivity (Wildman–Crippen MR) is 76.5 cm³/mol. The molecule has 0 fully saturated rings. The van der Waals surface area contributed by atoms with Crippen molar-refractivity contribution in [1.29, 1.82) is 0 Å². The van der Waals surface area contributed by atoms with Crippen molar-refractivity contribution < 1.29 is 5.11 Å². The monoisotopic (exact) mass is 257 g/mol. The van der Waals surface area contributed by atoms with Crippen molar-refractivity contribution in [1.82, 2.24) is 9.88 Å². The van der Waals surface area contributed by atoms with Gasteiger partial charge in [-0.1, -0.05) is 19.1 Å². The van der Waals surface area contributed by atoms with Crippen molar-refractivity contribution in [2.45, 2.75) is 20.0 Å². The first-order valence-corrected chi connectivity index (χ1v) is 6.38. The smallest absolute Gasteiger partial charge is 0.138 e. The van der Waals surface area contributed by atoms with Gasteiger partial charge in [-0.15, -0.1) is 0 Å². The molecule has 1 heterocycles. The van der Waals surface area contributed by atoms with Gasteiger partial charge in [0.15, 0.2) is 0 Å². The first-order chi connectivity index (χ1) is 9.19. The van der Waals surface area contributed by atoms with Crippen LogP contribution in [0, 0.1) is 0 Å². The van der Waals surface area contributed by atoms with Crippen molar-refractivity contribution in [3.8, 4) is 5.75 Å². The number of pyridine rings is 1. The number of hydrogen-bond donors (Lipinski definition) is 2. The Hall–Kier alpha value is -2.07. The second kappa shape index (κ2) is 6.20. The number of phenolic OH excluding ortho intramolecular Hbond substituents is 1. The Kier molecular flexibility index (Phi) is 4.36. The summed E-state index contributed by atoms with van der Waals surface area (Å²) in [6.45, 7) is 4.64. The van der Waals surface area contributed by atoms with Crippen molar-refractivity contribution in [3.63, 3.8) is 0 Å². The molecule has 0 saturated carbocycles. The van der Waals surface area contributed by atoms with Crippen LogP contribution in [0.3, 0.4) is 0 Å². The average Bonchev–Trinajstić information content (AvgIpc) is 2.43. The van der Waals surface area contributed by atoms with Crippen molar-refractivity contribution >= 4 is 5.69 Å². The molecular formula is C15H19N3O. The standard InChI is InChI=1S/C15H19N3O/c1-2-18(11-13-5-3-4-8-17-13)10-12-6-7-15(19)14(16)9-12/h3-9,19H,2,10-11,16H2,1H3. The van der Waals surface area contributed by atoms with Crippen LogP contribution in [0.5, 0.6) is 5.75 Å². The van der Waals surface area contributed by atoms with Crippen LogP contribution in [0.25, 0.3) is 0 Å². The minimum absolute atomic E-state index is 0.136. The molecule has 0 unspecified atom stereocenters. The SMILES string of the molecule is CCN(Cc1ccc(O)c(N)c1)Cc1ccccn1. The Morgan fingerprint density at radius 3 is 2.68 bits per heavy atom. The molecule has 1 aromatic carbocycles. The van der Waals surface area contributed by atoms with Crippen LogP contribution in [-0.2, 0) is 13.1 Å². The van der Waals surface area contributed by atoms with Gasteiger partial charge in [0.25, 0.3) is 0 Å². The molecule has 0 aliphatic rings. The zero-order valence-electron chi connectivity index (χ0n) is 11.1. The van der Waals surface area contributed by atoms with Gasteiger partial charge in [0.1, 0.15) is 5.75 Å². The van der Waals surface area contributed by atoms with Gasteiger partial charge in [0, 0.05) is 19.3 Å². The summed E-state index contributed by atoms with van der Waals surface area (Å²) in [6, 6.07) is 11.3. The lowest BCUT2D eigenvalue weighted by molar-refractivity contribution is 0.268. The van der Waals surface area contributed by atoms with Crippen LogP contribution >= 0.6 is 0 Å². The van der Waals surface area contributed by atoms with E-state index in [2.05, 4.69) is 16.8 Å². The maximum absolute atomic E-state index is 9.42. The van der Waals surface area contributed by atoms with Gasteiger partial charge in [0.2, 0.25) is 0 Å². The molecule has 0 aliphatic carbocycles. The molecule has 1 aromatic heterocycles. The lowest BCUT2D eigenvalue weighted by Crippen LogP contribution is -2.22. The van der Waals surface area contributed by atoms with Crippen LogP contribution in [0.15, 0.2) is 42.6 Å². The van der Waals surface area contributed by atoms with Crippen LogP contribution < -0.4 is 5.73 Å². The Bertz CT molecular complexity index is 528. The van der Waals surface area contributed by atoms with E-state index in [9.17, 15) is 5.11 Å². The van der Waals surface area contributed by atoms with Gasteiger partial charge in [-0.3, -0.25) is 9.88 Å². The summed E-state index contributed by atoms with van der Waals surface area (Å²) in [7, 11) is 0. The van der Waals surface area contributed by atoms with E-state index in [0.29, 0.717) is 5.69 Å². The van der Waals surface area contributed by atoms with E-state index in [0.717, 1.165) is 30.9 Å². The lowest BCUT2D eigenvalue weighted by Gasteiger charge is -2.20. The number of nitrogen functional groups attached to an aromatic ring is 1. The van der Waals surface area contributed by atoms with E-state index in [-0.39, 0.29) is 5.75 Å². The summed E-state index contributed by atoms with van der Waals surface area (Å²) in [5.74, 6) is 0.136. The Labute approximate surface area is 113 Å². The molecule has 0 spiro atoms. The van der Waals surface area contributed by atoms with Crippen LogP contribution in [-0.4, -0.2) is 21.5 Å². The fourth-order valence-electron chi connectivity index (χ4n) is 1.96. The third kappa shape index (κ3) is 3.69. The maximum atomic E-state index is 9.42. The van der Waals surface area contributed by atoms with Crippen molar-refractivity contribution in [2.24, 2.45) is 0 Å². The maximum Gasteiger partial charge on any atom is 0.138 e. The van der Waals surface area contributed by atoms with E-state index in [1.54, 1.807) is 6.07 Å². The summed E-state index contributed by atoms with van der Waals surface area (Å²) in [6.07, 6.45) is 1.81. The van der Waals surface area contributed by atoms with Crippen LogP contribution in [0.2, 0.25) is 0 Å². The fraction of sp³-hybridized carbons (Fsp3) is 0.267. The molecule has 4 heteroatoms. The molecule has 3 N–H and O–H groups in total. The highest BCUT2D eigenvalue weighted by Gasteiger charge is 2.07. The van der Waals surface area contributed by atoms with Gasteiger partial charge in [-0.25, -0.2) is 0 Å². The summed E-state index contributed by atoms with van der Waals surface area (Å²) >= 11 is 0. The minimum atomic E-state index is 0.136. The second-order valence-corrected chi connectivity index (χ2v) is 4.52. The zero-order valence-corrected chi connectivity index (χ0v) is 11.1. The Balaban J connectivity index is 2.04. The van der Waals surface area contributed by atoms with Gasteiger partial charge in [-0.05, 0) is 36.4 Å². The molecule has 2 rings (SSSR count). The highest BCUT2D eigenvalue weighted by molar-refractivity contribution is 5.53. The number of nitrogens with two attached hydrogens (primary N) is 1. The molecule has 100 valence electrons. The van der Waals surface area contributed by atoms with E-state index >= 15 is 0 Å². The second-order valence-electron chi connectivity index (χ2n) is 4.52. The molecule has 0 saturated heterocycles. The van der Waals surface area contributed by atoms with Gasteiger partial charge < -0.3 is 10.8 Å². The Morgan fingerprint density at radius 2 is 2.05 bits per heavy atom. The number of benzene rings is 1. The number of nitrogens with zero attached hydrogens (tertiary/aromatic N) is 2. The van der Waals surface area contributed by atoms with Crippen molar-refractivity contribution in [3.05, 3.63) is 53.9 Å². The zero-order chi connectivity index (χ0) is 13.7. The number of phenols is 1. The molecule has 2 aromatic rings. The third-order valence-electron chi connectivity index (χ3n) is 3.06. The van der Waals surface area contributed by atoms with E-state index in [1.165, 1.54) is 0 Å². The first kappa shape index (κ1) is 13.4. The summed E-state index contributed by atoms with van der Waals surface area (Å²) in [4.78, 5) is 6.61. The summed E-state index contributed by atoms with van der Waals surface area (Å²) in [5.41, 5.74) is 8.27. The topological polar surface area (TPSA) is 62.4 Å². The molecule has 0 radical (unpaired) electrons. The molecule has 19 heavy (non-hydrogen) atoms. The summed E-state index contributed by atoms with van der Waals surface area (Å²) < 4.78 is 0. The molecule has 0 amide bonds. The van der Waals surface area contributed by atoms with Crippen molar-refractivity contribution in [2.75, 3.05) is 12.3 Å². The largest absolute Gasteiger partial charge is 0.506 e. The van der Waals surface area contributed by atoms with Gasteiger partial charge in [0.05, 0.1) is 11.4 Å². The lowest BCUT2D eigenvalue weighted by atomic mass is 10.1. The summed E-state index contributed by atoms with van der Waals surface area (Å²) in [5, 5.41) is 9.42. The molecular weight excluding hydrogens is 238 g/mol. The number of aromatic nitrogens is 1. The highest BCUT2D eigenvalue weighted by Crippen LogP contribution is 2.21. The highest BCUT2D eigenvalue weighted by atomic mass is 16.3. The first-order valence-electron chi connectivity index (χ1n) is 6.38. The predicted octanol–water partition coefficient (Wildman–Crippen LogP) is 2.39. The van der Waals surface area contributed by atoms with E-state index < -0.39 is 0 Å². The quantitative estimate of drug-likeness (QED) is 0.637. The number of anilines is 1.